The molecule has 0 unspecified atom stereocenters. The van der Waals surface area contributed by atoms with Crippen LogP contribution in [0.1, 0.15) is 19.8 Å². The van der Waals surface area contributed by atoms with E-state index >= 15 is 0 Å². The molecule has 246 valence electrons. The SMILES string of the molecule is CCCCn1c2ccc(N(c3ccc(Br)cc3)c3ccc(OC)cc3)cc2c2cc(N(c3ccc(Br)cc3)c3ccc(OC)cc3)ccc21. The molecule has 0 bridgehead atoms. The Hall–Kier alpha value is -4.72. The van der Waals surface area contributed by atoms with Crippen LogP contribution in [-0.2, 0) is 6.54 Å². The minimum Gasteiger partial charge on any atom is -0.497 e. The van der Waals surface area contributed by atoms with E-state index in [9.17, 15) is 0 Å². The summed E-state index contributed by atoms with van der Waals surface area (Å²) in [5.41, 5.74) is 8.88. The van der Waals surface area contributed by atoms with E-state index in [0.29, 0.717) is 0 Å². The van der Waals surface area contributed by atoms with Crippen LogP contribution in [0.25, 0.3) is 21.8 Å². The topological polar surface area (TPSA) is 29.9 Å². The zero-order chi connectivity index (χ0) is 33.9. The highest BCUT2D eigenvalue weighted by Gasteiger charge is 2.19. The van der Waals surface area contributed by atoms with Crippen molar-refractivity contribution < 1.29 is 9.47 Å². The van der Waals surface area contributed by atoms with Crippen LogP contribution in [0.5, 0.6) is 11.5 Å². The van der Waals surface area contributed by atoms with Gasteiger partial charge in [0.2, 0.25) is 0 Å². The van der Waals surface area contributed by atoms with E-state index in [1.165, 1.54) is 21.8 Å². The van der Waals surface area contributed by atoms with Crippen molar-refractivity contribution in [3.05, 3.63) is 142 Å². The van der Waals surface area contributed by atoms with Crippen LogP contribution in [-0.4, -0.2) is 18.8 Å². The zero-order valence-electron chi connectivity index (χ0n) is 27.7. The Balaban J connectivity index is 1.43. The molecule has 0 saturated heterocycles. The van der Waals surface area contributed by atoms with E-state index in [1.54, 1.807) is 14.2 Å². The number of hydrogen-bond acceptors (Lipinski definition) is 4. The molecule has 49 heavy (non-hydrogen) atoms. The van der Waals surface area contributed by atoms with Crippen molar-refractivity contribution in [2.75, 3.05) is 24.0 Å². The van der Waals surface area contributed by atoms with E-state index in [2.05, 4.69) is 162 Å². The first-order valence-corrected chi connectivity index (χ1v) is 18.0. The van der Waals surface area contributed by atoms with Gasteiger partial charge < -0.3 is 23.8 Å². The molecule has 0 fully saturated rings. The van der Waals surface area contributed by atoms with E-state index in [1.807, 2.05) is 24.3 Å². The van der Waals surface area contributed by atoms with Gasteiger partial charge >= 0.3 is 0 Å². The van der Waals surface area contributed by atoms with Gasteiger partial charge in [-0.15, -0.1) is 0 Å². The molecule has 7 rings (SSSR count). The summed E-state index contributed by atoms with van der Waals surface area (Å²) in [6.45, 7) is 3.21. The maximum atomic E-state index is 5.49. The maximum absolute atomic E-state index is 5.49. The summed E-state index contributed by atoms with van der Waals surface area (Å²) in [4.78, 5) is 4.60. The van der Waals surface area contributed by atoms with Crippen LogP contribution in [0.4, 0.5) is 34.1 Å². The maximum Gasteiger partial charge on any atom is 0.119 e. The predicted molar refractivity (Wildman–Crippen MR) is 212 cm³/mol. The van der Waals surface area contributed by atoms with Crippen molar-refractivity contribution in [2.24, 2.45) is 0 Å². The molecule has 7 heteroatoms. The standard InChI is InChI=1S/C42H37Br2N3O2/c1-4-5-26-45-41-24-18-35(46(31-10-6-29(43)7-11-31)33-14-20-37(48-2)21-15-33)27-39(41)40-28-36(19-25-42(40)45)47(32-12-8-30(44)9-13-32)34-16-22-38(49-3)23-17-34/h6-25,27-28H,4-5,26H2,1-3H3. The van der Waals surface area contributed by atoms with Crippen molar-refractivity contribution in [1.82, 2.24) is 4.57 Å². The number of fused-ring (bicyclic) bond motifs is 3. The van der Waals surface area contributed by atoms with Crippen molar-refractivity contribution in [1.29, 1.82) is 0 Å². The molecule has 7 aromatic rings. The minimum atomic E-state index is 0.827. The lowest BCUT2D eigenvalue weighted by Crippen LogP contribution is -2.10. The van der Waals surface area contributed by atoms with Crippen molar-refractivity contribution in [3.8, 4) is 11.5 Å². The highest BCUT2D eigenvalue weighted by molar-refractivity contribution is 9.10. The number of aromatic nitrogens is 1. The molecule has 0 aliphatic heterocycles. The smallest absolute Gasteiger partial charge is 0.119 e. The van der Waals surface area contributed by atoms with E-state index in [0.717, 1.165) is 74.0 Å². The summed E-state index contributed by atoms with van der Waals surface area (Å²) in [5.74, 6) is 1.65. The summed E-state index contributed by atoms with van der Waals surface area (Å²) < 4.78 is 15.5. The normalized spacial score (nSPS) is 11.2. The van der Waals surface area contributed by atoms with Crippen LogP contribution in [0.2, 0.25) is 0 Å². The summed E-state index contributed by atoms with van der Waals surface area (Å²) in [5, 5.41) is 2.43. The van der Waals surface area contributed by atoms with Crippen molar-refractivity contribution in [3.63, 3.8) is 0 Å². The summed E-state index contributed by atoms with van der Waals surface area (Å²) in [6.07, 6.45) is 2.23. The van der Waals surface area contributed by atoms with Crippen molar-refractivity contribution >= 4 is 87.8 Å². The average molecular weight is 776 g/mol. The number of ether oxygens (including phenoxy) is 2. The largest absolute Gasteiger partial charge is 0.497 e. The third kappa shape index (κ3) is 6.65. The van der Waals surface area contributed by atoms with Crippen LogP contribution in [0.15, 0.2) is 142 Å². The minimum absolute atomic E-state index is 0.827. The molecule has 5 nitrogen and oxygen atoms in total. The molecule has 0 amide bonds. The summed E-state index contributed by atoms with van der Waals surface area (Å²) >= 11 is 7.24. The Bertz CT molecular complexity index is 2040. The number of aryl methyl sites for hydroxylation is 1. The number of hydrogen-bond donors (Lipinski definition) is 0. The van der Waals surface area contributed by atoms with Crippen LogP contribution in [0.3, 0.4) is 0 Å². The van der Waals surface area contributed by atoms with E-state index in [-0.39, 0.29) is 0 Å². The van der Waals surface area contributed by atoms with Crippen molar-refractivity contribution in [2.45, 2.75) is 26.3 Å². The first-order chi connectivity index (χ1) is 24.0. The van der Waals surface area contributed by atoms with E-state index in [4.69, 9.17) is 9.47 Å². The van der Waals surface area contributed by atoms with Crippen LogP contribution in [0, 0.1) is 0 Å². The van der Waals surface area contributed by atoms with Gasteiger partial charge in [-0.1, -0.05) is 45.2 Å². The van der Waals surface area contributed by atoms with Gasteiger partial charge in [0.25, 0.3) is 0 Å². The Kier molecular flexibility index (Phi) is 9.65. The second-order valence-corrected chi connectivity index (χ2v) is 13.8. The van der Waals surface area contributed by atoms with Gasteiger partial charge in [0.05, 0.1) is 14.2 Å². The third-order valence-corrected chi connectivity index (χ3v) is 9.97. The molecule has 6 aromatic carbocycles. The molecule has 0 atom stereocenters. The monoisotopic (exact) mass is 773 g/mol. The summed E-state index contributed by atoms with van der Waals surface area (Å²) in [6, 6.07) is 47.1. The molecule has 0 N–H and O–H groups in total. The predicted octanol–water partition coefficient (Wildman–Crippen LogP) is 13.1. The molecule has 0 spiro atoms. The Morgan fingerprint density at radius 2 is 0.837 bits per heavy atom. The van der Waals surface area contributed by atoms with Gasteiger partial charge in [-0.3, -0.25) is 0 Å². The number of methoxy groups -OCH3 is 2. The van der Waals surface area contributed by atoms with Crippen LogP contribution < -0.4 is 19.3 Å². The van der Waals surface area contributed by atoms with E-state index < -0.39 is 0 Å². The van der Waals surface area contributed by atoms with Gasteiger partial charge in [-0.25, -0.2) is 0 Å². The fourth-order valence-corrected chi connectivity index (χ4v) is 6.98. The summed E-state index contributed by atoms with van der Waals surface area (Å²) in [7, 11) is 3.40. The number of anilines is 6. The molecular formula is C42H37Br2N3O2. The third-order valence-electron chi connectivity index (χ3n) is 8.91. The Labute approximate surface area is 304 Å². The lowest BCUT2D eigenvalue weighted by molar-refractivity contribution is 0.414. The molecule has 0 aliphatic carbocycles. The molecule has 0 radical (unpaired) electrons. The highest BCUT2D eigenvalue weighted by Crippen LogP contribution is 2.42. The lowest BCUT2D eigenvalue weighted by atomic mass is 10.1. The number of halogens is 2. The second kappa shape index (κ2) is 14.4. The van der Waals surface area contributed by atoms with Gasteiger partial charge in [-0.05, 0) is 140 Å². The molecule has 0 aliphatic rings. The quantitative estimate of drug-likeness (QED) is 0.131. The fourth-order valence-electron chi connectivity index (χ4n) is 6.45. The number of rotatable bonds is 11. The molecule has 1 heterocycles. The Morgan fingerprint density at radius 3 is 1.18 bits per heavy atom. The van der Waals surface area contributed by atoms with Crippen LogP contribution >= 0.6 is 31.9 Å². The first-order valence-electron chi connectivity index (χ1n) is 16.4. The van der Waals surface area contributed by atoms with Gasteiger partial charge in [0.1, 0.15) is 11.5 Å². The highest BCUT2D eigenvalue weighted by atomic mass is 79.9. The van der Waals surface area contributed by atoms with Gasteiger partial charge in [0.15, 0.2) is 0 Å². The Morgan fingerprint density at radius 1 is 0.490 bits per heavy atom. The van der Waals surface area contributed by atoms with Gasteiger partial charge in [0, 0.05) is 71.4 Å². The average Bonchev–Trinajstić information content (AvgIpc) is 3.45. The zero-order valence-corrected chi connectivity index (χ0v) is 30.9. The lowest BCUT2D eigenvalue weighted by Gasteiger charge is -2.26. The molecular weight excluding hydrogens is 738 g/mol. The number of nitrogens with zero attached hydrogens (tertiary/aromatic N) is 3. The molecule has 0 saturated carbocycles. The number of benzene rings is 6. The number of unbranched alkanes of at least 4 members (excludes halogenated alkanes) is 1. The molecule has 1 aromatic heterocycles. The first kappa shape index (κ1) is 32.8. The van der Waals surface area contributed by atoms with Gasteiger partial charge in [-0.2, -0.15) is 0 Å². The second-order valence-electron chi connectivity index (χ2n) is 11.9. The fraction of sp³-hybridized carbons (Fsp3) is 0.143.